The zero-order chi connectivity index (χ0) is 14.0. The van der Waals surface area contributed by atoms with Gasteiger partial charge in [0.15, 0.2) is 0 Å². The van der Waals surface area contributed by atoms with Gasteiger partial charge in [-0.15, -0.1) is 0 Å². The molecular formula is C11H17N3O4. The zero-order valence-corrected chi connectivity index (χ0v) is 9.78. The maximum absolute atomic E-state index is 10.3. The fourth-order valence-electron chi connectivity index (χ4n) is 1.16. The molecule has 0 aliphatic carbocycles. The third-order valence-corrected chi connectivity index (χ3v) is 1.78. The number of amides is 2. The lowest BCUT2D eigenvalue weighted by molar-refractivity contribution is 0.149. The van der Waals surface area contributed by atoms with Crippen molar-refractivity contribution in [1.82, 2.24) is 0 Å². The summed E-state index contributed by atoms with van der Waals surface area (Å²) in [4.78, 5) is 19.1. The highest BCUT2D eigenvalue weighted by Gasteiger charge is 2.05. The van der Waals surface area contributed by atoms with Gasteiger partial charge in [0.1, 0.15) is 6.61 Å². The van der Waals surface area contributed by atoms with Gasteiger partial charge in [0, 0.05) is 6.04 Å². The molecule has 7 nitrogen and oxygen atoms in total. The lowest BCUT2D eigenvalue weighted by Crippen LogP contribution is -2.31. The Kier molecular flexibility index (Phi) is 7.71. The molecule has 0 unspecified atom stereocenters. The first-order valence-electron chi connectivity index (χ1n) is 5.12. The van der Waals surface area contributed by atoms with E-state index < -0.39 is 12.2 Å². The predicted molar refractivity (Wildman–Crippen MR) is 65.9 cm³/mol. The summed E-state index contributed by atoms with van der Waals surface area (Å²) in [5.41, 5.74) is 15.7. The summed E-state index contributed by atoms with van der Waals surface area (Å²) in [5, 5.41) is 7.19. The Morgan fingerprint density at radius 2 is 1.72 bits per heavy atom. The van der Waals surface area contributed by atoms with Gasteiger partial charge in [-0.05, 0) is 12.0 Å². The van der Waals surface area contributed by atoms with Crippen LogP contribution in [0.15, 0.2) is 30.3 Å². The van der Waals surface area contributed by atoms with E-state index in [-0.39, 0.29) is 12.6 Å². The molecule has 0 heterocycles. The number of ether oxygens (including phenoxy) is 1. The predicted octanol–water partition coefficient (Wildman–Crippen LogP) is 0.275. The molecule has 0 saturated heterocycles. The maximum Gasteiger partial charge on any atom is 0.404 e. The van der Waals surface area contributed by atoms with Crippen LogP contribution < -0.4 is 17.2 Å². The minimum absolute atomic E-state index is 0.157. The van der Waals surface area contributed by atoms with Gasteiger partial charge in [0.2, 0.25) is 0 Å². The second-order valence-electron chi connectivity index (χ2n) is 3.42. The molecule has 0 aromatic heterocycles. The fraction of sp³-hybridized carbons (Fsp3) is 0.273. The van der Waals surface area contributed by atoms with Crippen LogP contribution in [-0.2, 0) is 11.2 Å². The number of carboxylic acid groups (broad SMARTS) is 1. The van der Waals surface area contributed by atoms with Crippen LogP contribution in [-0.4, -0.2) is 29.9 Å². The lowest BCUT2D eigenvalue weighted by atomic mass is 10.1. The SMILES string of the molecule is NC(=O)O.NC(=O)OC[C@H](N)Cc1ccccc1. The summed E-state index contributed by atoms with van der Waals surface area (Å²) in [7, 11) is 0. The summed E-state index contributed by atoms with van der Waals surface area (Å²) in [6.07, 6.45) is -1.44. The number of carbonyl (C=O) groups is 2. The molecular weight excluding hydrogens is 238 g/mol. The van der Waals surface area contributed by atoms with Crippen molar-refractivity contribution in [3.05, 3.63) is 35.9 Å². The van der Waals surface area contributed by atoms with E-state index in [1.165, 1.54) is 0 Å². The summed E-state index contributed by atoms with van der Waals surface area (Å²) in [5.74, 6) is 0. The third kappa shape index (κ3) is 10.2. The average molecular weight is 255 g/mol. The highest BCUT2D eigenvalue weighted by molar-refractivity contribution is 5.64. The molecule has 0 saturated carbocycles. The van der Waals surface area contributed by atoms with Crippen LogP contribution in [0.4, 0.5) is 9.59 Å². The van der Waals surface area contributed by atoms with E-state index >= 15 is 0 Å². The van der Waals surface area contributed by atoms with Gasteiger partial charge in [-0.25, -0.2) is 9.59 Å². The first-order valence-corrected chi connectivity index (χ1v) is 5.12. The highest BCUT2D eigenvalue weighted by Crippen LogP contribution is 2.01. The molecule has 0 spiro atoms. The van der Waals surface area contributed by atoms with Crippen molar-refractivity contribution in [2.45, 2.75) is 12.5 Å². The van der Waals surface area contributed by atoms with Crippen LogP contribution >= 0.6 is 0 Å². The molecule has 0 bridgehead atoms. The van der Waals surface area contributed by atoms with Gasteiger partial charge < -0.3 is 27.0 Å². The fourth-order valence-corrected chi connectivity index (χ4v) is 1.16. The number of rotatable bonds is 4. The van der Waals surface area contributed by atoms with Crippen molar-refractivity contribution in [3.63, 3.8) is 0 Å². The van der Waals surface area contributed by atoms with E-state index in [0.717, 1.165) is 5.56 Å². The molecule has 100 valence electrons. The summed E-state index contributed by atoms with van der Waals surface area (Å²) in [6.45, 7) is 0.157. The van der Waals surface area contributed by atoms with Crippen LogP contribution in [0.1, 0.15) is 5.56 Å². The molecule has 1 aromatic carbocycles. The van der Waals surface area contributed by atoms with Crippen molar-refractivity contribution in [3.8, 4) is 0 Å². The molecule has 18 heavy (non-hydrogen) atoms. The average Bonchev–Trinajstić information content (AvgIpc) is 2.27. The van der Waals surface area contributed by atoms with E-state index in [4.69, 9.17) is 21.4 Å². The number of benzene rings is 1. The van der Waals surface area contributed by atoms with Crippen LogP contribution in [0, 0.1) is 0 Å². The molecule has 0 aliphatic heterocycles. The Hall–Kier alpha value is -2.28. The summed E-state index contributed by atoms with van der Waals surface area (Å²) >= 11 is 0. The molecule has 0 aliphatic rings. The Bertz CT molecular complexity index is 366. The molecule has 0 fully saturated rings. The van der Waals surface area contributed by atoms with Gasteiger partial charge in [-0.3, -0.25) is 0 Å². The molecule has 1 rings (SSSR count). The normalized spacial score (nSPS) is 10.7. The van der Waals surface area contributed by atoms with Crippen LogP contribution in [0.2, 0.25) is 0 Å². The highest BCUT2D eigenvalue weighted by atomic mass is 16.5. The van der Waals surface area contributed by atoms with Gasteiger partial charge in [0.25, 0.3) is 0 Å². The Balaban J connectivity index is 0.000000631. The van der Waals surface area contributed by atoms with E-state index in [0.29, 0.717) is 6.42 Å². The molecule has 7 heteroatoms. The molecule has 1 atom stereocenters. The standard InChI is InChI=1S/C10H14N2O2.CH3NO2/c11-9(7-14-10(12)13)6-8-4-2-1-3-5-8;2-1(3)4/h1-5,9H,6-7,11H2,(H2,12,13);2H2,(H,3,4)/t9-;/m1./s1. The number of carbonyl (C=O) groups excluding carboxylic acids is 1. The Morgan fingerprint density at radius 3 is 2.17 bits per heavy atom. The van der Waals surface area contributed by atoms with Crippen LogP contribution in [0.3, 0.4) is 0 Å². The van der Waals surface area contributed by atoms with Crippen molar-refractivity contribution in [2.75, 3.05) is 6.61 Å². The van der Waals surface area contributed by atoms with Gasteiger partial charge in [0.05, 0.1) is 0 Å². The quantitative estimate of drug-likeness (QED) is 0.611. The van der Waals surface area contributed by atoms with Crippen molar-refractivity contribution < 1.29 is 19.4 Å². The number of hydrogen-bond acceptors (Lipinski definition) is 4. The van der Waals surface area contributed by atoms with Crippen LogP contribution in [0.25, 0.3) is 0 Å². The number of nitrogens with two attached hydrogens (primary N) is 3. The second kappa shape index (κ2) is 8.82. The van der Waals surface area contributed by atoms with Crippen molar-refractivity contribution in [1.29, 1.82) is 0 Å². The summed E-state index contributed by atoms with van der Waals surface area (Å²) in [6, 6.07) is 9.57. The minimum atomic E-state index is -1.33. The Morgan fingerprint density at radius 1 is 1.22 bits per heavy atom. The first-order chi connectivity index (χ1) is 8.41. The van der Waals surface area contributed by atoms with E-state index in [1.54, 1.807) is 0 Å². The van der Waals surface area contributed by atoms with E-state index in [9.17, 15) is 4.79 Å². The minimum Gasteiger partial charge on any atom is -0.465 e. The van der Waals surface area contributed by atoms with Crippen molar-refractivity contribution >= 4 is 12.2 Å². The Labute approximate surface area is 105 Å². The van der Waals surface area contributed by atoms with E-state index in [2.05, 4.69) is 10.5 Å². The molecule has 1 aromatic rings. The number of primary amides is 2. The van der Waals surface area contributed by atoms with Gasteiger partial charge >= 0.3 is 12.2 Å². The smallest absolute Gasteiger partial charge is 0.404 e. The zero-order valence-electron chi connectivity index (χ0n) is 9.78. The maximum atomic E-state index is 10.3. The third-order valence-electron chi connectivity index (χ3n) is 1.78. The second-order valence-corrected chi connectivity index (χ2v) is 3.42. The van der Waals surface area contributed by atoms with Gasteiger partial charge in [-0.1, -0.05) is 30.3 Å². The first kappa shape index (κ1) is 15.7. The lowest BCUT2D eigenvalue weighted by Gasteiger charge is -2.10. The summed E-state index contributed by atoms with van der Waals surface area (Å²) < 4.78 is 4.59. The van der Waals surface area contributed by atoms with Gasteiger partial charge in [-0.2, -0.15) is 0 Å². The van der Waals surface area contributed by atoms with Crippen LogP contribution in [0.5, 0.6) is 0 Å². The number of hydrogen-bond donors (Lipinski definition) is 4. The monoisotopic (exact) mass is 255 g/mol. The van der Waals surface area contributed by atoms with E-state index in [1.807, 2.05) is 30.3 Å². The topological polar surface area (TPSA) is 142 Å². The largest absolute Gasteiger partial charge is 0.465 e. The molecule has 7 N–H and O–H groups in total. The molecule has 0 radical (unpaired) electrons. The van der Waals surface area contributed by atoms with Crippen molar-refractivity contribution in [2.24, 2.45) is 17.2 Å². The molecule has 2 amide bonds.